The molecule has 1 fully saturated rings. The molecule has 0 saturated carbocycles. The van der Waals surface area contributed by atoms with E-state index < -0.39 is 12.0 Å². The van der Waals surface area contributed by atoms with E-state index in [2.05, 4.69) is 21.2 Å². The molecule has 1 aliphatic rings. The van der Waals surface area contributed by atoms with Crippen molar-refractivity contribution < 1.29 is 19.1 Å². The molecule has 7 heteroatoms. The van der Waals surface area contributed by atoms with Crippen molar-refractivity contribution >= 4 is 33.7 Å². The van der Waals surface area contributed by atoms with Gasteiger partial charge in [-0.1, -0.05) is 15.9 Å². The maximum Gasteiger partial charge on any atom is 0.321 e. The van der Waals surface area contributed by atoms with Crippen molar-refractivity contribution in [3.8, 4) is 5.75 Å². The summed E-state index contributed by atoms with van der Waals surface area (Å²) in [7, 11) is 0. The summed E-state index contributed by atoms with van der Waals surface area (Å²) in [5, 5.41) is 11.9. The van der Waals surface area contributed by atoms with Gasteiger partial charge in [-0.2, -0.15) is 0 Å². The Kier molecular flexibility index (Phi) is 4.75. The van der Waals surface area contributed by atoms with Gasteiger partial charge in [0.15, 0.2) is 0 Å². The number of ether oxygens (including phenoxy) is 1. The lowest BCUT2D eigenvalue weighted by Gasteiger charge is -2.08. The molecule has 2 heterocycles. The van der Waals surface area contributed by atoms with Gasteiger partial charge in [0.25, 0.3) is 0 Å². The van der Waals surface area contributed by atoms with Gasteiger partial charge in [0, 0.05) is 10.2 Å². The number of carboxylic acid groups (broad SMARTS) is 1. The zero-order valence-corrected chi connectivity index (χ0v) is 13.9. The summed E-state index contributed by atoms with van der Waals surface area (Å²) in [5.41, 5.74) is 0. The fourth-order valence-corrected chi connectivity index (χ4v) is 3.52. The Morgan fingerprint density at radius 1 is 1.36 bits per heavy atom. The lowest BCUT2D eigenvalue weighted by atomic mass is 10.3. The topological polar surface area (TPSA) is 71.7 Å². The third-order valence-corrected chi connectivity index (χ3v) is 4.97. The molecule has 0 bridgehead atoms. The minimum Gasteiger partial charge on any atom is -0.486 e. The van der Waals surface area contributed by atoms with Crippen molar-refractivity contribution in [2.24, 2.45) is 0 Å². The average Bonchev–Trinajstić information content (AvgIpc) is 3.15. The number of hydrogen-bond donors (Lipinski definition) is 2. The average molecular weight is 384 g/mol. The largest absolute Gasteiger partial charge is 0.486 e. The van der Waals surface area contributed by atoms with Gasteiger partial charge >= 0.3 is 5.97 Å². The van der Waals surface area contributed by atoms with Gasteiger partial charge in [-0.05, 0) is 36.4 Å². The van der Waals surface area contributed by atoms with Gasteiger partial charge < -0.3 is 14.3 Å². The number of carboxylic acids is 1. The van der Waals surface area contributed by atoms with E-state index in [0.717, 1.165) is 16.0 Å². The third-order valence-electron chi connectivity index (χ3n) is 3.22. The van der Waals surface area contributed by atoms with Crippen LogP contribution in [0.4, 0.5) is 0 Å². The Morgan fingerprint density at radius 2 is 2.14 bits per heavy atom. The highest BCUT2D eigenvalue weighted by molar-refractivity contribution is 9.10. The molecule has 22 heavy (non-hydrogen) atoms. The Morgan fingerprint density at radius 3 is 2.82 bits per heavy atom. The lowest BCUT2D eigenvalue weighted by Crippen LogP contribution is -2.33. The van der Waals surface area contributed by atoms with Gasteiger partial charge in [-0.25, -0.2) is 0 Å². The predicted octanol–water partition coefficient (Wildman–Crippen LogP) is 3.41. The maximum atomic E-state index is 10.9. The van der Waals surface area contributed by atoms with E-state index in [1.165, 1.54) is 11.8 Å². The number of benzene rings is 1. The molecule has 0 aliphatic carbocycles. The Hall–Kier alpha value is -1.44. The fourth-order valence-electron chi connectivity index (χ4n) is 2.08. The molecule has 1 aromatic heterocycles. The second kappa shape index (κ2) is 6.76. The monoisotopic (exact) mass is 383 g/mol. The number of nitrogens with one attached hydrogen (secondary N) is 1. The minimum atomic E-state index is -0.833. The number of aliphatic carboxylic acids is 1. The molecular weight excluding hydrogens is 370 g/mol. The third kappa shape index (κ3) is 3.66. The molecule has 1 aromatic carbocycles. The van der Waals surface area contributed by atoms with Crippen molar-refractivity contribution in [2.45, 2.75) is 18.0 Å². The first-order valence-corrected chi connectivity index (χ1v) is 8.53. The van der Waals surface area contributed by atoms with Gasteiger partial charge in [0.1, 0.15) is 35.3 Å². The molecule has 3 rings (SSSR count). The van der Waals surface area contributed by atoms with Crippen LogP contribution in [0.1, 0.15) is 16.9 Å². The van der Waals surface area contributed by atoms with Crippen molar-refractivity contribution in [1.29, 1.82) is 0 Å². The van der Waals surface area contributed by atoms with Crippen LogP contribution in [0.25, 0.3) is 0 Å². The van der Waals surface area contributed by atoms with E-state index in [1.807, 2.05) is 36.4 Å². The molecule has 0 amide bonds. The van der Waals surface area contributed by atoms with E-state index in [4.69, 9.17) is 14.3 Å². The van der Waals surface area contributed by atoms with Crippen LogP contribution in [0.3, 0.4) is 0 Å². The standard InChI is InChI=1S/C15H14BrNO4S/c16-9-1-3-10(4-2-9)20-7-11-5-6-13(21-11)14-17-12(8-22-14)15(18)19/h1-6,12,14,17H,7-8H2,(H,18,19)/t12-,14-/m0/s1. The molecule has 0 unspecified atom stereocenters. The van der Waals surface area contributed by atoms with Crippen LogP contribution in [-0.2, 0) is 11.4 Å². The molecule has 2 atom stereocenters. The van der Waals surface area contributed by atoms with Crippen LogP contribution in [0.5, 0.6) is 5.75 Å². The Labute approximate surface area is 140 Å². The molecule has 1 saturated heterocycles. The van der Waals surface area contributed by atoms with Crippen LogP contribution >= 0.6 is 27.7 Å². The van der Waals surface area contributed by atoms with Crippen LogP contribution in [0.15, 0.2) is 45.3 Å². The number of furan rings is 1. The molecule has 1 aliphatic heterocycles. The zero-order chi connectivity index (χ0) is 15.5. The van der Waals surface area contributed by atoms with Crippen molar-refractivity contribution in [1.82, 2.24) is 5.32 Å². The molecular formula is C15H14BrNO4S. The first-order valence-electron chi connectivity index (χ1n) is 6.69. The Balaban J connectivity index is 1.57. The van der Waals surface area contributed by atoms with Gasteiger partial charge in [-0.15, -0.1) is 11.8 Å². The number of thioether (sulfide) groups is 1. The summed E-state index contributed by atoms with van der Waals surface area (Å²) < 4.78 is 12.4. The second-order valence-corrected chi connectivity index (χ2v) is 6.87. The molecule has 2 aromatic rings. The summed E-state index contributed by atoms with van der Waals surface area (Å²) in [4.78, 5) is 10.9. The van der Waals surface area contributed by atoms with E-state index >= 15 is 0 Å². The van der Waals surface area contributed by atoms with Crippen LogP contribution in [0, 0.1) is 0 Å². The summed E-state index contributed by atoms with van der Waals surface area (Å²) in [6.45, 7) is 0.335. The minimum absolute atomic E-state index is 0.123. The molecule has 0 spiro atoms. The SMILES string of the molecule is O=C(O)[C@@H]1CS[C@@H](c2ccc(COc3ccc(Br)cc3)o2)N1. The van der Waals surface area contributed by atoms with Gasteiger partial charge in [-0.3, -0.25) is 10.1 Å². The lowest BCUT2D eigenvalue weighted by molar-refractivity contribution is -0.138. The molecule has 0 radical (unpaired) electrons. The van der Waals surface area contributed by atoms with E-state index in [9.17, 15) is 4.79 Å². The Bertz CT molecular complexity index is 658. The normalized spacial score (nSPS) is 21.0. The predicted molar refractivity (Wildman–Crippen MR) is 86.9 cm³/mol. The molecule has 116 valence electrons. The quantitative estimate of drug-likeness (QED) is 0.823. The summed E-state index contributed by atoms with van der Waals surface area (Å²) in [5.74, 6) is 1.90. The smallest absolute Gasteiger partial charge is 0.321 e. The first-order chi connectivity index (χ1) is 10.6. The van der Waals surface area contributed by atoms with Crippen LogP contribution in [0.2, 0.25) is 0 Å². The van der Waals surface area contributed by atoms with E-state index in [0.29, 0.717) is 18.1 Å². The van der Waals surface area contributed by atoms with E-state index in [1.54, 1.807) is 0 Å². The van der Waals surface area contributed by atoms with Crippen LogP contribution in [-0.4, -0.2) is 22.9 Å². The molecule has 2 N–H and O–H groups in total. The highest BCUT2D eigenvalue weighted by Crippen LogP contribution is 2.34. The van der Waals surface area contributed by atoms with Gasteiger partial charge in [0.2, 0.25) is 0 Å². The van der Waals surface area contributed by atoms with E-state index in [-0.39, 0.29) is 5.37 Å². The second-order valence-electron chi connectivity index (χ2n) is 4.82. The van der Waals surface area contributed by atoms with Crippen molar-refractivity contribution in [2.75, 3.05) is 5.75 Å². The van der Waals surface area contributed by atoms with Gasteiger partial charge in [0.05, 0.1) is 0 Å². The maximum absolute atomic E-state index is 10.9. The van der Waals surface area contributed by atoms with Crippen LogP contribution < -0.4 is 10.1 Å². The summed E-state index contributed by atoms with van der Waals surface area (Å²) >= 11 is 4.90. The number of halogens is 1. The highest BCUT2D eigenvalue weighted by atomic mass is 79.9. The van der Waals surface area contributed by atoms with Crippen molar-refractivity contribution in [3.63, 3.8) is 0 Å². The summed E-state index contributed by atoms with van der Waals surface area (Å²) in [6.07, 6.45) is 0. The van der Waals surface area contributed by atoms with Crippen molar-refractivity contribution in [3.05, 3.63) is 52.4 Å². The number of rotatable bonds is 5. The number of carbonyl (C=O) groups is 1. The zero-order valence-electron chi connectivity index (χ0n) is 11.5. The number of hydrogen-bond acceptors (Lipinski definition) is 5. The summed E-state index contributed by atoms with van der Waals surface area (Å²) in [6, 6.07) is 10.8. The molecule has 5 nitrogen and oxygen atoms in total. The highest BCUT2D eigenvalue weighted by Gasteiger charge is 2.32. The first kappa shape index (κ1) is 15.5. The fraction of sp³-hybridized carbons (Fsp3) is 0.267.